The Morgan fingerprint density at radius 1 is 1.35 bits per heavy atom. The number of cyclic esters (lactones) is 1. The Morgan fingerprint density at radius 2 is 2.10 bits per heavy atom. The Hall–Kier alpha value is -2.57. The quantitative estimate of drug-likeness (QED) is 0.759. The van der Waals surface area contributed by atoms with Crippen molar-refractivity contribution in [2.75, 3.05) is 26.9 Å². The van der Waals surface area contributed by atoms with Crippen LogP contribution in [0.3, 0.4) is 0 Å². The molecule has 2 rings (SSSR count). The fourth-order valence-electron chi connectivity index (χ4n) is 1.72. The Morgan fingerprint density at radius 3 is 2.75 bits per heavy atom. The number of carbonyl (C=O) groups excluding carboxylic acids is 3. The topological polar surface area (TPSA) is 82.1 Å². The summed E-state index contributed by atoms with van der Waals surface area (Å²) in [6.07, 6.45) is -0.719. The van der Waals surface area contributed by atoms with Crippen LogP contribution in [-0.4, -0.2) is 49.7 Å². The van der Waals surface area contributed by atoms with Gasteiger partial charge in [0.05, 0.1) is 13.7 Å². The predicted molar refractivity (Wildman–Crippen MR) is 66.3 cm³/mol. The average molecular weight is 279 g/mol. The van der Waals surface area contributed by atoms with E-state index in [0.717, 1.165) is 4.90 Å². The lowest BCUT2D eigenvalue weighted by Gasteiger charge is -2.11. The normalized spacial score (nSPS) is 13.8. The number of rotatable bonds is 4. The van der Waals surface area contributed by atoms with Crippen LogP contribution in [0.4, 0.5) is 4.79 Å². The molecule has 7 nitrogen and oxygen atoms in total. The lowest BCUT2D eigenvalue weighted by atomic mass is 10.2. The zero-order valence-electron chi connectivity index (χ0n) is 10.8. The maximum Gasteiger partial charge on any atom is 0.416 e. The molecule has 0 spiro atoms. The van der Waals surface area contributed by atoms with E-state index < -0.39 is 24.6 Å². The number of amides is 2. The van der Waals surface area contributed by atoms with Crippen LogP contribution in [0.25, 0.3) is 0 Å². The summed E-state index contributed by atoms with van der Waals surface area (Å²) in [6.45, 7) is -0.194. The second-order valence-electron chi connectivity index (χ2n) is 3.94. The number of methoxy groups -OCH3 is 1. The van der Waals surface area contributed by atoms with Gasteiger partial charge in [-0.15, -0.1) is 0 Å². The summed E-state index contributed by atoms with van der Waals surface area (Å²) in [7, 11) is 1.43. The highest BCUT2D eigenvalue weighted by Gasteiger charge is 2.29. The number of benzene rings is 1. The summed E-state index contributed by atoms with van der Waals surface area (Å²) in [5.41, 5.74) is 0.215. The average Bonchev–Trinajstić information content (AvgIpc) is 2.90. The maximum absolute atomic E-state index is 11.8. The van der Waals surface area contributed by atoms with Gasteiger partial charge in [-0.3, -0.25) is 4.79 Å². The number of hydrogen-bond donors (Lipinski definition) is 0. The molecule has 1 saturated heterocycles. The Balaban J connectivity index is 1.95. The molecule has 0 aliphatic carbocycles. The second kappa shape index (κ2) is 6.05. The summed E-state index contributed by atoms with van der Waals surface area (Å²) in [5, 5.41) is 0. The van der Waals surface area contributed by atoms with Crippen LogP contribution in [0, 0.1) is 0 Å². The third-order valence-corrected chi connectivity index (χ3v) is 2.72. The predicted octanol–water partition coefficient (Wildman–Crippen LogP) is 0.831. The monoisotopic (exact) mass is 279 g/mol. The minimum Gasteiger partial charge on any atom is -0.496 e. The molecule has 0 unspecified atom stereocenters. The third-order valence-electron chi connectivity index (χ3n) is 2.72. The molecule has 20 heavy (non-hydrogen) atoms. The minimum atomic E-state index is -0.719. The molecule has 1 fully saturated rings. The van der Waals surface area contributed by atoms with Crippen molar-refractivity contribution in [1.82, 2.24) is 4.90 Å². The van der Waals surface area contributed by atoms with Crippen LogP contribution < -0.4 is 4.74 Å². The summed E-state index contributed by atoms with van der Waals surface area (Å²) in [6, 6.07) is 6.49. The van der Waals surface area contributed by atoms with Crippen molar-refractivity contribution in [3.8, 4) is 5.75 Å². The van der Waals surface area contributed by atoms with Crippen LogP contribution in [0.1, 0.15) is 10.4 Å². The molecule has 0 atom stereocenters. The highest BCUT2D eigenvalue weighted by Crippen LogP contribution is 2.18. The van der Waals surface area contributed by atoms with E-state index in [4.69, 9.17) is 9.47 Å². The van der Waals surface area contributed by atoms with Crippen LogP contribution in [-0.2, 0) is 14.3 Å². The first-order chi connectivity index (χ1) is 9.63. The molecule has 1 heterocycles. The van der Waals surface area contributed by atoms with Gasteiger partial charge in [0.2, 0.25) is 0 Å². The number of hydrogen-bond acceptors (Lipinski definition) is 6. The van der Waals surface area contributed by atoms with Crippen molar-refractivity contribution in [2.24, 2.45) is 0 Å². The Kier molecular flexibility index (Phi) is 4.19. The van der Waals surface area contributed by atoms with Crippen molar-refractivity contribution < 1.29 is 28.6 Å². The van der Waals surface area contributed by atoms with Crippen LogP contribution >= 0.6 is 0 Å². The fraction of sp³-hybridized carbons (Fsp3) is 0.308. The lowest BCUT2D eigenvalue weighted by molar-refractivity contribution is -0.131. The van der Waals surface area contributed by atoms with Crippen LogP contribution in [0.15, 0.2) is 24.3 Å². The maximum atomic E-state index is 11.8. The van der Waals surface area contributed by atoms with Gasteiger partial charge >= 0.3 is 12.1 Å². The van der Waals surface area contributed by atoms with Gasteiger partial charge in [0.25, 0.3) is 5.91 Å². The summed E-state index contributed by atoms with van der Waals surface area (Å²) >= 11 is 0. The smallest absolute Gasteiger partial charge is 0.416 e. The van der Waals surface area contributed by atoms with Gasteiger partial charge in [-0.1, -0.05) is 12.1 Å². The SMILES string of the molecule is COc1ccccc1C(=O)OCC(=O)N1CCOC1=O. The number of imide groups is 1. The van der Waals surface area contributed by atoms with Crippen molar-refractivity contribution in [1.29, 1.82) is 0 Å². The standard InChI is InChI=1S/C13H13NO6/c1-18-10-5-3-2-4-9(10)12(16)20-8-11(15)14-6-7-19-13(14)17/h2-5H,6-8H2,1H3. The highest BCUT2D eigenvalue weighted by molar-refractivity contribution is 5.97. The summed E-state index contributed by atoms with van der Waals surface area (Å²) < 4.78 is 14.5. The van der Waals surface area contributed by atoms with Gasteiger partial charge in [0.1, 0.15) is 17.9 Å². The van der Waals surface area contributed by atoms with Gasteiger partial charge in [-0.2, -0.15) is 0 Å². The van der Waals surface area contributed by atoms with Crippen molar-refractivity contribution in [2.45, 2.75) is 0 Å². The van der Waals surface area contributed by atoms with E-state index in [1.165, 1.54) is 13.2 Å². The molecule has 0 bridgehead atoms. The van der Waals surface area contributed by atoms with E-state index >= 15 is 0 Å². The molecule has 0 saturated carbocycles. The lowest BCUT2D eigenvalue weighted by Crippen LogP contribution is -2.35. The molecular weight excluding hydrogens is 266 g/mol. The first-order valence-corrected chi connectivity index (χ1v) is 5.90. The number of para-hydroxylation sites is 1. The van der Waals surface area contributed by atoms with Crippen molar-refractivity contribution >= 4 is 18.0 Å². The fourth-order valence-corrected chi connectivity index (χ4v) is 1.72. The molecule has 7 heteroatoms. The van der Waals surface area contributed by atoms with Crippen LogP contribution in [0.5, 0.6) is 5.75 Å². The van der Waals surface area contributed by atoms with E-state index in [0.29, 0.717) is 5.75 Å². The van der Waals surface area contributed by atoms with Gasteiger partial charge in [-0.25, -0.2) is 14.5 Å². The molecule has 1 aromatic carbocycles. The first kappa shape index (κ1) is 13.9. The van der Waals surface area contributed by atoms with E-state index in [9.17, 15) is 14.4 Å². The zero-order chi connectivity index (χ0) is 14.5. The van der Waals surface area contributed by atoms with E-state index in [1.807, 2.05) is 0 Å². The molecule has 0 aromatic heterocycles. The van der Waals surface area contributed by atoms with Gasteiger partial charge in [-0.05, 0) is 12.1 Å². The van der Waals surface area contributed by atoms with E-state index in [2.05, 4.69) is 4.74 Å². The molecule has 0 radical (unpaired) electrons. The second-order valence-corrected chi connectivity index (χ2v) is 3.94. The number of esters is 1. The Bertz CT molecular complexity index is 541. The summed E-state index contributed by atoms with van der Waals surface area (Å²) in [4.78, 5) is 35.6. The van der Waals surface area contributed by atoms with E-state index in [1.54, 1.807) is 18.2 Å². The molecule has 1 aromatic rings. The molecule has 106 valence electrons. The van der Waals surface area contributed by atoms with Crippen molar-refractivity contribution in [3.63, 3.8) is 0 Å². The number of carbonyl (C=O) groups is 3. The summed E-state index contributed by atoms with van der Waals surface area (Å²) in [5.74, 6) is -0.954. The molecule has 0 N–H and O–H groups in total. The van der Waals surface area contributed by atoms with Gasteiger partial charge in [0, 0.05) is 0 Å². The third kappa shape index (κ3) is 2.87. The first-order valence-electron chi connectivity index (χ1n) is 5.90. The Labute approximate surface area is 115 Å². The minimum absolute atomic E-state index is 0.158. The van der Waals surface area contributed by atoms with Gasteiger partial charge in [0.15, 0.2) is 6.61 Å². The van der Waals surface area contributed by atoms with Crippen LogP contribution in [0.2, 0.25) is 0 Å². The molecule has 2 amide bonds. The number of nitrogens with zero attached hydrogens (tertiary/aromatic N) is 1. The molecule has 1 aliphatic heterocycles. The number of ether oxygens (including phenoxy) is 3. The zero-order valence-corrected chi connectivity index (χ0v) is 10.8. The van der Waals surface area contributed by atoms with Gasteiger partial charge < -0.3 is 14.2 Å². The highest BCUT2D eigenvalue weighted by atomic mass is 16.6. The largest absolute Gasteiger partial charge is 0.496 e. The van der Waals surface area contributed by atoms with E-state index in [-0.39, 0.29) is 18.7 Å². The van der Waals surface area contributed by atoms with Crippen molar-refractivity contribution in [3.05, 3.63) is 29.8 Å². The molecule has 1 aliphatic rings. The molecular formula is C13H13NO6.